The molecular formula is C20H25N7O4S. The largest absolute Gasteiger partial charge is 0.479 e. The topological polar surface area (TPSA) is 125 Å². The quantitative estimate of drug-likeness (QED) is 0.441. The first-order valence-electron chi connectivity index (χ1n) is 9.71. The Bertz CT molecular complexity index is 1100. The summed E-state index contributed by atoms with van der Waals surface area (Å²) in [5.41, 5.74) is 1.89. The van der Waals surface area contributed by atoms with Gasteiger partial charge in [0.2, 0.25) is 17.7 Å². The number of thioether (sulfide) groups is 1. The highest BCUT2D eigenvalue weighted by molar-refractivity contribution is 7.99. The lowest BCUT2D eigenvalue weighted by Crippen LogP contribution is -2.15. The summed E-state index contributed by atoms with van der Waals surface area (Å²) in [6.07, 6.45) is 1.80. The highest BCUT2D eigenvalue weighted by Gasteiger charge is 2.21. The van der Waals surface area contributed by atoms with Crippen molar-refractivity contribution < 1.29 is 19.1 Å². The number of nitrogens with one attached hydrogen (secondary N) is 2. The normalized spacial score (nSPS) is 10.8. The summed E-state index contributed by atoms with van der Waals surface area (Å²) in [5, 5.41) is 18.9. The standard InChI is InChI=1S/C20H25N7O4S/c1-13(28)21-14-6-5-7-15(10-14)22-17(29)12-32-20-24-23-18(27(20)8-9-30-3)16-11-26(2)25-19(16)31-4/h5-7,10-11H,8-9,12H2,1-4H3,(H,21,28)(H,22,29). The molecule has 3 aromatic rings. The molecule has 0 aliphatic carbocycles. The van der Waals surface area contributed by atoms with E-state index in [1.807, 2.05) is 4.57 Å². The number of nitrogens with zero attached hydrogens (tertiary/aromatic N) is 5. The van der Waals surface area contributed by atoms with Gasteiger partial charge in [-0.3, -0.25) is 18.8 Å². The Hall–Kier alpha value is -3.38. The fraction of sp³-hybridized carbons (Fsp3) is 0.350. The average molecular weight is 460 g/mol. The molecule has 0 fully saturated rings. The second-order valence-electron chi connectivity index (χ2n) is 6.78. The summed E-state index contributed by atoms with van der Waals surface area (Å²) >= 11 is 1.26. The summed E-state index contributed by atoms with van der Waals surface area (Å²) in [6.45, 7) is 2.37. The van der Waals surface area contributed by atoms with Gasteiger partial charge in [-0.05, 0) is 18.2 Å². The molecule has 12 heteroatoms. The third-order valence-electron chi connectivity index (χ3n) is 4.26. The van der Waals surface area contributed by atoms with Gasteiger partial charge < -0.3 is 20.1 Å². The van der Waals surface area contributed by atoms with E-state index in [2.05, 4.69) is 25.9 Å². The zero-order valence-electron chi connectivity index (χ0n) is 18.3. The summed E-state index contributed by atoms with van der Waals surface area (Å²) in [7, 11) is 4.95. The van der Waals surface area contributed by atoms with Crippen LogP contribution >= 0.6 is 11.8 Å². The van der Waals surface area contributed by atoms with E-state index < -0.39 is 0 Å². The maximum atomic E-state index is 12.5. The Morgan fingerprint density at radius 3 is 2.59 bits per heavy atom. The van der Waals surface area contributed by atoms with Crippen molar-refractivity contribution in [2.45, 2.75) is 18.6 Å². The molecule has 2 amide bonds. The van der Waals surface area contributed by atoms with Gasteiger partial charge in [-0.1, -0.05) is 17.8 Å². The predicted octanol–water partition coefficient (Wildman–Crippen LogP) is 2.02. The van der Waals surface area contributed by atoms with E-state index >= 15 is 0 Å². The van der Waals surface area contributed by atoms with Gasteiger partial charge in [-0.15, -0.1) is 15.3 Å². The van der Waals surface area contributed by atoms with Gasteiger partial charge in [0.05, 0.1) is 26.0 Å². The Morgan fingerprint density at radius 1 is 1.16 bits per heavy atom. The molecule has 0 radical (unpaired) electrons. The van der Waals surface area contributed by atoms with Crippen LogP contribution in [0.4, 0.5) is 11.4 Å². The minimum absolute atomic E-state index is 0.125. The van der Waals surface area contributed by atoms with E-state index in [9.17, 15) is 9.59 Å². The number of hydrogen-bond donors (Lipinski definition) is 2. The average Bonchev–Trinajstić information content (AvgIpc) is 3.32. The van der Waals surface area contributed by atoms with Gasteiger partial charge in [0.15, 0.2) is 11.0 Å². The summed E-state index contributed by atoms with van der Waals surface area (Å²) in [5.74, 6) is 0.752. The number of carbonyl (C=O) groups excluding carboxylic acids is 2. The van der Waals surface area contributed by atoms with E-state index in [1.54, 1.807) is 56.4 Å². The molecular weight excluding hydrogens is 434 g/mol. The molecule has 0 saturated carbocycles. The highest BCUT2D eigenvalue weighted by atomic mass is 32.2. The summed E-state index contributed by atoms with van der Waals surface area (Å²) in [6, 6.07) is 6.95. The SMILES string of the molecule is COCCn1c(SCC(=O)Nc2cccc(NC(C)=O)c2)nnc1-c1cn(C)nc1OC. The van der Waals surface area contributed by atoms with Crippen molar-refractivity contribution in [1.29, 1.82) is 0 Å². The molecule has 0 aliphatic heterocycles. The number of rotatable bonds is 10. The Balaban J connectivity index is 1.72. The number of aromatic nitrogens is 5. The number of benzene rings is 1. The zero-order chi connectivity index (χ0) is 23.1. The van der Waals surface area contributed by atoms with Crippen LogP contribution in [-0.4, -0.2) is 62.9 Å². The summed E-state index contributed by atoms with van der Waals surface area (Å²) in [4.78, 5) is 23.7. The molecule has 0 spiro atoms. The predicted molar refractivity (Wildman–Crippen MR) is 121 cm³/mol. The third kappa shape index (κ3) is 5.86. The Morgan fingerprint density at radius 2 is 1.91 bits per heavy atom. The monoisotopic (exact) mass is 459 g/mol. The van der Waals surface area contributed by atoms with Crippen molar-refractivity contribution in [2.75, 3.05) is 37.2 Å². The first-order chi connectivity index (χ1) is 15.4. The molecule has 1 aromatic carbocycles. The molecule has 0 atom stereocenters. The van der Waals surface area contributed by atoms with Crippen LogP contribution in [0.25, 0.3) is 11.4 Å². The second-order valence-corrected chi connectivity index (χ2v) is 7.72. The van der Waals surface area contributed by atoms with Gasteiger partial charge in [-0.25, -0.2) is 0 Å². The number of methoxy groups -OCH3 is 2. The van der Waals surface area contributed by atoms with E-state index in [1.165, 1.54) is 18.7 Å². The molecule has 2 N–H and O–H groups in total. The van der Waals surface area contributed by atoms with Crippen LogP contribution in [0.1, 0.15) is 6.92 Å². The molecule has 3 rings (SSSR count). The highest BCUT2D eigenvalue weighted by Crippen LogP contribution is 2.30. The fourth-order valence-corrected chi connectivity index (χ4v) is 3.72. The van der Waals surface area contributed by atoms with Crippen LogP contribution < -0.4 is 15.4 Å². The van der Waals surface area contributed by atoms with E-state index in [0.717, 1.165) is 0 Å². The minimum Gasteiger partial charge on any atom is -0.479 e. The third-order valence-corrected chi connectivity index (χ3v) is 5.23. The van der Waals surface area contributed by atoms with Crippen LogP contribution in [0.2, 0.25) is 0 Å². The molecule has 0 aliphatic rings. The molecule has 2 aromatic heterocycles. The Labute approximate surface area is 189 Å². The van der Waals surface area contributed by atoms with E-state index in [-0.39, 0.29) is 17.6 Å². The lowest BCUT2D eigenvalue weighted by molar-refractivity contribution is -0.114. The van der Waals surface area contributed by atoms with Crippen molar-refractivity contribution >= 4 is 35.0 Å². The van der Waals surface area contributed by atoms with Crippen LogP contribution in [0.15, 0.2) is 35.6 Å². The number of hydrogen-bond acceptors (Lipinski definition) is 8. The number of carbonyl (C=O) groups is 2. The summed E-state index contributed by atoms with van der Waals surface area (Å²) < 4.78 is 14.1. The molecule has 2 heterocycles. The van der Waals surface area contributed by atoms with Gasteiger partial charge in [0.1, 0.15) is 5.56 Å². The van der Waals surface area contributed by atoms with Crippen LogP contribution in [0, 0.1) is 0 Å². The molecule has 32 heavy (non-hydrogen) atoms. The minimum atomic E-state index is -0.211. The lowest BCUT2D eigenvalue weighted by Gasteiger charge is -2.10. The maximum absolute atomic E-state index is 12.5. The smallest absolute Gasteiger partial charge is 0.243 e. The van der Waals surface area contributed by atoms with Gasteiger partial charge in [0.25, 0.3) is 0 Å². The number of aryl methyl sites for hydroxylation is 1. The molecule has 0 unspecified atom stereocenters. The van der Waals surface area contributed by atoms with Gasteiger partial charge >= 0.3 is 0 Å². The van der Waals surface area contributed by atoms with Gasteiger partial charge in [-0.2, -0.15) is 0 Å². The second kappa shape index (κ2) is 10.8. The van der Waals surface area contributed by atoms with Gasteiger partial charge in [0, 0.05) is 38.7 Å². The first kappa shape index (κ1) is 23.3. The number of amides is 2. The lowest BCUT2D eigenvalue weighted by atomic mass is 10.2. The Kier molecular flexibility index (Phi) is 7.84. The molecule has 0 bridgehead atoms. The fourth-order valence-electron chi connectivity index (χ4n) is 2.96. The van der Waals surface area contributed by atoms with Crippen LogP contribution in [0.5, 0.6) is 5.88 Å². The number of anilines is 2. The van der Waals surface area contributed by atoms with Crippen molar-refractivity contribution in [1.82, 2.24) is 24.5 Å². The van der Waals surface area contributed by atoms with Crippen molar-refractivity contribution in [3.63, 3.8) is 0 Å². The molecule has 11 nitrogen and oxygen atoms in total. The van der Waals surface area contributed by atoms with Crippen molar-refractivity contribution in [3.05, 3.63) is 30.5 Å². The van der Waals surface area contributed by atoms with E-state index in [4.69, 9.17) is 9.47 Å². The van der Waals surface area contributed by atoms with Crippen LogP contribution in [-0.2, 0) is 27.9 Å². The zero-order valence-corrected chi connectivity index (χ0v) is 19.1. The molecule has 170 valence electrons. The first-order valence-corrected chi connectivity index (χ1v) is 10.7. The molecule has 0 saturated heterocycles. The van der Waals surface area contributed by atoms with Crippen molar-refractivity contribution in [2.24, 2.45) is 7.05 Å². The van der Waals surface area contributed by atoms with Crippen LogP contribution in [0.3, 0.4) is 0 Å². The number of ether oxygens (including phenoxy) is 2. The van der Waals surface area contributed by atoms with E-state index in [0.29, 0.717) is 47.0 Å². The van der Waals surface area contributed by atoms with Crippen molar-refractivity contribution in [3.8, 4) is 17.3 Å². The maximum Gasteiger partial charge on any atom is 0.243 e.